The summed E-state index contributed by atoms with van der Waals surface area (Å²) in [7, 11) is 0. The van der Waals surface area contributed by atoms with E-state index in [9.17, 15) is 29.7 Å². The van der Waals surface area contributed by atoms with Gasteiger partial charge in [0.1, 0.15) is 24.9 Å². The first-order valence-corrected chi connectivity index (χ1v) is 10.2. The molecular weight excluding hydrogens is 436 g/mol. The number of carbonyl (C=O) groups is 3. The molecule has 0 aromatic heterocycles. The molecule has 2 aromatic carbocycles. The summed E-state index contributed by atoms with van der Waals surface area (Å²) in [5.74, 6) is -2.85. The average molecular weight is 460 g/mol. The Morgan fingerprint density at radius 1 is 0.818 bits per heavy atom. The zero-order valence-corrected chi connectivity index (χ0v) is 17.7. The predicted octanol–water partition coefficient (Wildman–Crippen LogP) is 0.571. The lowest BCUT2D eigenvalue weighted by atomic mass is 9.99. The van der Waals surface area contributed by atoms with Crippen molar-refractivity contribution < 1.29 is 48.7 Å². The summed E-state index contributed by atoms with van der Waals surface area (Å²) in [5.41, 5.74) is 0.430. The van der Waals surface area contributed by atoms with Gasteiger partial charge >= 0.3 is 17.9 Å². The van der Waals surface area contributed by atoms with Crippen LogP contribution in [0.5, 0.6) is 0 Å². The fourth-order valence-corrected chi connectivity index (χ4v) is 3.17. The van der Waals surface area contributed by atoms with Crippen LogP contribution in [-0.4, -0.2) is 70.5 Å². The van der Waals surface area contributed by atoms with Crippen LogP contribution in [-0.2, 0) is 30.3 Å². The molecule has 0 bridgehead atoms. The Balaban J connectivity index is 1.72. The molecule has 5 unspecified atom stereocenters. The van der Waals surface area contributed by atoms with E-state index in [-0.39, 0.29) is 24.3 Å². The topological polar surface area (TPSA) is 149 Å². The Hall–Kier alpha value is -3.31. The summed E-state index contributed by atoms with van der Waals surface area (Å²) >= 11 is 0. The second-order valence-electron chi connectivity index (χ2n) is 7.16. The van der Waals surface area contributed by atoms with E-state index in [1.807, 2.05) is 0 Å². The number of carbonyl (C=O) groups excluding carboxylic acids is 3. The number of rotatable bonds is 7. The molecule has 3 rings (SSSR count). The normalized spacial score (nSPS) is 24.5. The van der Waals surface area contributed by atoms with Crippen molar-refractivity contribution in [1.29, 1.82) is 0 Å². The van der Waals surface area contributed by atoms with Gasteiger partial charge in [-0.05, 0) is 24.6 Å². The van der Waals surface area contributed by atoms with Gasteiger partial charge in [0.15, 0.2) is 6.10 Å². The van der Waals surface area contributed by atoms with Crippen molar-refractivity contribution in [2.24, 2.45) is 0 Å². The average Bonchev–Trinajstić information content (AvgIpc) is 2.83. The summed E-state index contributed by atoms with van der Waals surface area (Å²) in [6, 6.07) is 14.4. The third kappa shape index (κ3) is 5.74. The summed E-state index contributed by atoms with van der Waals surface area (Å²) in [6.07, 6.45) is -9.11. The van der Waals surface area contributed by atoms with E-state index in [4.69, 9.17) is 18.9 Å². The number of hydrogen-bond donors (Lipinski definition) is 3. The minimum absolute atomic E-state index is 0.0750. The molecule has 1 aliphatic heterocycles. The highest BCUT2D eigenvalue weighted by molar-refractivity contribution is 6.03. The molecule has 2 aromatic rings. The van der Waals surface area contributed by atoms with Gasteiger partial charge in [0.2, 0.25) is 6.29 Å². The Morgan fingerprint density at radius 3 is 2.06 bits per heavy atom. The second-order valence-corrected chi connectivity index (χ2v) is 7.16. The number of hydrogen-bond acceptors (Lipinski definition) is 10. The van der Waals surface area contributed by atoms with E-state index in [0.29, 0.717) is 5.56 Å². The molecule has 33 heavy (non-hydrogen) atoms. The number of ether oxygens (including phenoxy) is 4. The summed E-state index contributed by atoms with van der Waals surface area (Å²) in [5, 5.41) is 30.6. The van der Waals surface area contributed by atoms with Gasteiger partial charge in [-0.1, -0.05) is 42.5 Å². The van der Waals surface area contributed by atoms with Crippen molar-refractivity contribution in [2.75, 3.05) is 6.61 Å². The van der Waals surface area contributed by atoms with Gasteiger partial charge in [0.25, 0.3) is 0 Å². The maximum absolute atomic E-state index is 12.7. The number of aliphatic hydroxyl groups excluding tert-OH is 3. The lowest BCUT2D eigenvalue weighted by molar-refractivity contribution is -0.280. The molecule has 0 saturated carbocycles. The Kier molecular flexibility index (Phi) is 8.12. The summed E-state index contributed by atoms with van der Waals surface area (Å²) in [6.45, 7) is 1.57. The van der Waals surface area contributed by atoms with E-state index >= 15 is 0 Å². The van der Waals surface area contributed by atoms with Crippen LogP contribution in [0, 0.1) is 0 Å². The van der Waals surface area contributed by atoms with Crippen LogP contribution < -0.4 is 0 Å². The minimum Gasteiger partial charge on any atom is -0.462 e. The van der Waals surface area contributed by atoms with Crippen LogP contribution in [0.4, 0.5) is 0 Å². The quantitative estimate of drug-likeness (QED) is 0.395. The Labute approximate surface area is 189 Å². The van der Waals surface area contributed by atoms with Crippen LogP contribution >= 0.6 is 0 Å². The van der Waals surface area contributed by atoms with Gasteiger partial charge < -0.3 is 34.3 Å². The first-order chi connectivity index (χ1) is 15.8. The fourth-order valence-electron chi connectivity index (χ4n) is 3.17. The molecule has 1 aliphatic rings. The van der Waals surface area contributed by atoms with Gasteiger partial charge in [0.05, 0.1) is 17.7 Å². The molecule has 0 aliphatic carbocycles. The molecule has 1 saturated heterocycles. The van der Waals surface area contributed by atoms with Gasteiger partial charge in [-0.2, -0.15) is 0 Å². The number of benzene rings is 2. The smallest absolute Gasteiger partial charge is 0.341 e. The standard InChI is InChI=1S/C23H24O10/c1-2-30-20(27)14-10-6-7-11-15(14)21(28)33-23-18(26)16(24)17(25)19(32-23)22(29)31-12-13-8-4-3-5-9-13/h3-11,16-19,23-26H,2,12H2,1H3. The first kappa shape index (κ1) is 24.3. The largest absolute Gasteiger partial charge is 0.462 e. The van der Waals surface area contributed by atoms with Crippen molar-refractivity contribution in [3.8, 4) is 0 Å². The van der Waals surface area contributed by atoms with Gasteiger partial charge in [-0.3, -0.25) is 0 Å². The van der Waals surface area contributed by atoms with Crippen LogP contribution in [0.1, 0.15) is 33.2 Å². The Morgan fingerprint density at radius 2 is 1.42 bits per heavy atom. The summed E-state index contributed by atoms with van der Waals surface area (Å²) in [4.78, 5) is 37.2. The third-order valence-corrected chi connectivity index (χ3v) is 4.89. The van der Waals surface area contributed by atoms with Crippen molar-refractivity contribution in [3.63, 3.8) is 0 Å². The first-order valence-electron chi connectivity index (χ1n) is 10.2. The van der Waals surface area contributed by atoms with E-state index in [1.165, 1.54) is 24.3 Å². The molecule has 3 N–H and O–H groups in total. The second kappa shape index (κ2) is 11.0. The van der Waals surface area contributed by atoms with Crippen LogP contribution in [0.3, 0.4) is 0 Å². The lowest BCUT2D eigenvalue weighted by Crippen LogP contribution is -2.60. The van der Waals surface area contributed by atoms with Crippen molar-refractivity contribution in [3.05, 3.63) is 71.3 Å². The van der Waals surface area contributed by atoms with E-state index in [2.05, 4.69) is 0 Å². The monoisotopic (exact) mass is 460 g/mol. The molecule has 1 heterocycles. The summed E-state index contributed by atoms with van der Waals surface area (Å²) < 4.78 is 20.4. The number of aliphatic hydroxyl groups is 3. The fraction of sp³-hybridized carbons (Fsp3) is 0.348. The molecule has 0 amide bonds. The molecule has 0 spiro atoms. The molecule has 10 nitrogen and oxygen atoms in total. The van der Waals surface area contributed by atoms with Crippen LogP contribution in [0.2, 0.25) is 0 Å². The van der Waals surface area contributed by atoms with Crippen molar-refractivity contribution in [1.82, 2.24) is 0 Å². The molecular formula is C23H24O10. The zero-order valence-electron chi connectivity index (χ0n) is 17.7. The predicted molar refractivity (Wildman–Crippen MR) is 111 cm³/mol. The number of esters is 3. The third-order valence-electron chi connectivity index (χ3n) is 4.89. The highest BCUT2D eigenvalue weighted by Crippen LogP contribution is 2.25. The molecule has 5 atom stereocenters. The van der Waals surface area contributed by atoms with Crippen LogP contribution in [0.25, 0.3) is 0 Å². The molecule has 176 valence electrons. The molecule has 1 fully saturated rings. The highest BCUT2D eigenvalue weighted by Gasteiger charge is 2.49. The van der Waals surface area contributed by atoms with Gasteiger partial charge in [0, 0.05) is 0 Å². The molecule has 0 radical (unpaired) electrons. The maximum atomic E-state index is 12.7. The minimum atomic E-state index is -1.87. The maximum Gasteiger partial charge on any atom is 0.341 e. The SMILES string of the molecule is CCOC(=O)c1ccccc1C(=O)OC1OC(C(=O)OCc2ccccc2)C(O)C(O)C1O. The van der Waals surface area contributed by atoms with E-state index in [1.54, 1.807) is 37.3 Å². The van der Waals surface area contributed by atoms with Gasteiger partial charge in [-0.15, -0.1) is 0 Å². The highest BCUT2D eigenvalue weighted by atomic mass is 16.7. The Bertz CT molecular complexity index is 976. The van der Waals surface area contributed by atoms with Crippen molar-refractivity contribution >= 4 is 17.9 Å². The van der Waals surface area contributed by atoms with Gasteiger partial charge in [-0.25, -0.2) is 14.4 Å². The molecule has 10 heteroatoms. The zero-order chi connectivity index (χ0) is 24.0. The van der Waals surface area contributed by atoms with Crippen molar-refractivity contribution in [2.45, 2.75) is 44.2 Å². The van der Waals surface area contributed by atoms with Crippen LogP contribution in [0.15, 0.2) is 54.6 Å². The lowest BCUT2D eigenvalue weighted by Gasteiger charge is -2.38. The van der Waals surface area contributed by atoms with E-state index in [0.717, 1.165) is 0 Å². The van der Waals surface area contributed by atoms with E-state index < -0.39 is 48.6 Å².